The van der Waals surface area contributed by atoms with E-state index in [2.05, 4.69) is 20.5 Å². The van der Waals surface area contributed by atoms with Crippen LogP contribution in [0.15, 0.2) is 24.7 Å². The number of carbonyl (C=O) groups is 1. The summed E-state index contributed by atoms with van der Waals surface area (Å²) in [6.07, 6.45) is 3.48. The number of carbonyl (C=O) groups excluding carboxylic acids is 1. The van der Waals surface area contributed by atoms with Crippen molar-refractivity contribution in [3.8, 4) is 5.88 Å². The lowest BCUT2D eigenvalue weighted by atomic mass is 10.2. The SMILES string of the molecule is Cn1cc(NC(O)c2cnn3ccc(OCCN)nc23)c(C(N)=O)n1. The Kier molecular flexibility index (Phi) is 4.50. The Morgan fingerprint density at radius 2 is 2.32 bits per heavy atom. The van der Waals surface area contributed by atoms with Crippen LogP contribution in [-0.2, 0) is 7.05 Å². The highest BCUT2D eigenvalue weighted by atomic mass is 16.5. The van der Waals surface area contributed by atoms with Crippen molar-refractivity contribution in [3.63, 3.8) is 0 Å². The van der Waals surface area contributed by atoms with Crippen molar-refractivity contribution in [2.45, 2.75) is 6.23 Å². The van der Waals surface area contributed by atoms with Crippen LogP contribution in [0, 0.1) is 0 Å². The number of rotatable bonds is 7. The van der Waals surface area contributed by atoms with Crippen molar-refractivity contribution in [3.05, 3.63) is 35.9 Å². The number of aliphatic hydroxyl groups excluding tert-OH is 1. The van der Waals surface area contributed by atoms with Gasteiger partial charge >= 0.3 is 0 Å². The van der Waals surface area contributed by atoms with Gasteiger partial charge in [-0.15, -0.1) is 0 Å². The van der Waals surface area contributed by atoms with E-state index in [4.69, 9.17) is 16.2 Å². The molecule has 3 aromatic rings. The van der Waals surface area contributed by atoms with E-state index in [9.17, 15) is 9.90 Å². The Labute approximate surface area is 142 Å². The highest BCUT2D eigenvalue weighted by molar-refractivity contribution is 5.96. The molecule has 11 heteroatoms. The minimum atomic E-state index is -1.18. The third kappa shape index (κ3) is 3.36. The van der Waals surface area contributed by atoms with Gasteiger partial charge in [0.05, 0.1) is 17.4 Å². The predicted molar refractivity (Wildman–Crippen MR) is 87.8 cm³/mol. The topological polar surface area (TPSA) is 159 Å². The summed E-state index contributed by atoms with van der Waals surface area (Å²) in [6.45, 7) is 0.686. The Morgan fingerprint density at radius 1 is 1.52 bits per heavy atom. The molecule has 25 heavy (non-hydrogen) atoms. The zero-order valence-electron chi connectivity index (χ0n) is 13.5. The average molecular weight is 346 g/mol. The third-order valence-corrected chi connectivity index (χ3v) is 3.39. The molecule has 11 nitrogen and oxygen atoms in total. The molecule has 0 aromatic carbocycles. The molecule has 1 amide bonds. The molecule has 0 saturated carbocycles. The van der Waals surface area contributed by atoms with Gasteiger partial charge < -0.3 is 26.6 Å². The normalized spacial score (nSPS) is 12.3. The van der Waals surface area contributed by atoms with Crippen LogP contribution in [0.2, 0.25) is 0 Å². The molecule has 0 spiro atoms. The summed E-state index contributed by atoms with van der Waals surface area (Å²) < 4.78 is 8.30. The lowest BCUT2D eigenvalue weighted by Crippen LogP contribution is -2.17. The minimum Gasteiger partial charge on any atom is -0.476 e. The van der Waals surface area contributed by atoms with Gasteiger partial charge in [-0.05, 0) is 0 Å². The standard InChI is InChI=1S/C14H18N8O3/c1-21-7-9(11(20-21)12(16)23)18-14(24)8-6-17-22-4-2-10(19-13(8)22)25-5-3-15/h2,4,6-7,14,18,24H,3,5,15H2,1H3,(H2,16,23). The second kappa shape index (κ2) is 6.75. The maximum absolute atomic E-state index is 11.4. The van der Waals surface area contributed by atoms with Crippen molar-refractivity contribution in [2.75, 3.05) is 18.5 Å². The zero-order chi connectivity index (χ0) is 18.0. The van der Waals surface area contributed by atoms with Crippen molar-refractivity contribution in [1.82, 2.24) is 24.4 Å². The maximum atomic E-state index is 11.4. The van der Waals surface area contributed by atoms with Crippen LogP contribution in [0.3, 0.4) is 0 Å². The fourth-order valence-corrected chi connectivity index (χ4v) is 2.31. The van der Waals surface area contributed by atoms with Crippen LogP contribution in [0.4, 0.5) is 5.69 Å². The smallest absolute Gasteiger partial charge is 0.271 e. The Bertz CT molecular complexity index is 903. The summed E-state index contributed by atoms with van der Waals surface area (Å²) in [4.78, 5) is 15.7. The summed E-state index contributed by atoms with van der Waals surface area (Å²) in [5.74, 6) is -0.336. The minimum absolute atomic E-state index is 0.0259. The number of nitrogens with two attached hydrogens (primary N) is 2. The lowest BCUT2D eigenvalue weighted by molar-refractivity contribution is 0.0995. The van der Waals surface area contributed by atoms with Crippen LogP contribution in [0.5, 0.6) is 5.88 Å². The molecule has 3 aromatic heterocycles. The van der Waals surface area contributed by atoms with Crippen molar-refractivity contribution < 1.29 is 14.6 Å². The molecule has 1 unspecified atom stereocenters. The molecule has 3 rings (SSSR count). The van der Waals surface area contributed by atoms with Gasteiger partial charge in [-0.1, -0.05) is 0 Å². The van der Waals surface area contributed by atoms with Crippen molar-refractivity contribution >= 4 is 17.2 Å². The number of ether oxygens (including phenoxy) is 1. The molecule has 0 saturated heterocycles. The summed E-state index contributed by atoms with van der Waals surface area (Å²) in [5.41, 5.74) is 11.8. The van der Waals surface area contributed by atoms with Crippen LogP contribution in [0.25, 0.3) is 5.65 Å². The molecule has 0 aliphatic rings. The first-order chi connectivity index (χ1) is 12.0. The van der Waals surface area contributed by atoms with Gasteiger partial charge in [-0.2, -0.15) is 15.2 Å². The number of nitrogens with one attached hydrogen (secondary N) is 1. The van der Waals surface area contributed by atoms with E-state index in [0.717, 1.165) is 0 Å². The lowest BCUT2D eigenvalue weighted by Gasteiger charge is -2.12. The highest BCUT2D eigenvalue weighted by Gasteiger charge is 2.20. The number of anilines is 1. The second-order valence-electron chi connectivity index (χ2n) is 5.25. The van der Waals surface area contributed by atoms with E-state index < -0.39 is 12.1 Å². The molecule has 3 heterocycles. The van der Waals surface area contributed by atoms with Crippen molar-refractivity contribution in [2.24, 2.45) is 18.5 Å². The molecule has 6 N–H and O–H groups in total. The van der Waals surface area contributed by atoms with Gasteiger partial charge in [-0.3, -0.25) is 9.48 Å². The molecular formula is C14H18N8O3. The van der Waals surface area contributed by atoms with E-state index in [1.54, 1.807) is 19.3 Å². The van der Waals surface area contributed by atoms with E-state index in [-0.39, 0.29) is 5.69 Å². The molecular weight excluding hydrogens is 328 g/mol. The number of aliphatic hydroxyl groups is 1. The summed E-state index contributed by atoms with van der Waals surface area (Å²) >= 11 is 0. The van der Waals surface area contributed by atoms with Gasteiger partial charge in [0.2, 0.25) is 5.88 Å². The van der Waals surface area contributed by atoms with Gasteiger partial charge in [0.15, 0.2) is 17.6 Å². The fraction of sp³-hybridized carbons (Fsp3) is 0.286. The highest BCUT2D eigenvalue weighted by Crippen LogP contribution is 2.23. The molecule has 0 fully saturated rings. The Hall–Kier alpha value is -3.18. The molecule has 132 valence electrons. The number of nitrogens with zero attached hydrogens (tertiary/aromatic N) is 5. The second-order valence-corrected chi connectivity index (χ2v) is 5.25. The zero-order valence-corrected chi connectivity index (χ0v) is 13.5. The average Bonchev–Trinajstić information content (AvgIpc) is 3.15. The molecule has 0 bridgehead atoms. The van der Waals surface area contributed by atoms with E-state index in [1.165, 1.54) is 21.6 Å². The van der Waals surface area contributed by atoms with E-state index in [0.29, 0.717) is 35.9 Å². The largest absolute Gasteiger partial charge is 0.476 e. The molecule has 1 atom stereocenters. The number of hydrogen-bond acceptors (Lipinski definition) is 8. The number of fused-ring (bicyclic) bond motifs is 1. The quantitative estimate of drug-likeness (QED) is 0.397. The van der Waals surface area contributed by atoms with Crippen molar-refractivity contribution in [1.29, 1.82) is 0 Å². The first kappa shape index (κ1) is 16.7. The number of hydrogen-bond donors (Lipinski definition) is 4. The Balaban J connectivity index is 1.89. The van der Waals surface area contributed by atoms with Crippen LogP contribution < -0.4 is 21.5 Å². The van der Waals surface area contributed by atoms with Crippen LogP contribution in [0.1, 0.15) is 22.3 Å². The van der Waals surface area contributed by atoms with E-state index >= 15 is 0 Å². The first-order valence-electron chi connectivity index (χ1n) is 7.44. The van der Waals surface area contributed by atoms with Crippen LogP contribution >= 0.6 is 0 Å². The third-order valence-electron chi connectivity index (χ3n) is 3.39. The summed E-state index contributed by atoms with van der Waals surface area (Å²) in [5, 5.41) is 21.4. The van der Waals surface area contributed by atoms with Gasteiger partial charge in [0, 0.05) is 32.1 Å². The fourth-order valence-electron chi connectivity index (χ4n) is 2.31. The molecule has 0 aliphatic carbocycles. The first-order valence-corrected chi connectivity index (χ1v) is 7.44. The maximum Gasteiger partial charge on any atom is 0.271 e. The number of aromatic nitrogens is 5. The van der Waals surface area contributed by atoms with Gasteiger partial charge in [0.25, 0.3) is 5.91 Å². The number of amides is 1. The number of primary amides is 1. The summed E-state index contributed by atoms with van der Waals surface area (Å²) in [6, 6.07) is 1.64. The van der Waals surface area contributed by atoms with Crippen LogP contribution in [-0.4, -0.2) is 48.5 Å². The predicted octanol–water partition coefficient (Wildman–Crippen LogP) is -0.998. The Morgan fingerprint density at radius 3 is 3.04 bits per heavy atom. The molecule has 0 radical (unpaired) electrons. The number of aryl methyl sites for hydroxylation is 1. The van der Waals surface area contributed by atoms with E-state index in [1.807, 2.05) is 0 Å². The monoisotopic (exact) mass is 346 g/mol. The molecule has 0 aliphatic heterocycles. The van der Waals surface area contributed by atoms with Gasteiger partial charge in [-0.25, -0.2) is 4.52 Å². The summed E-state index contributed by atoms with van der Waals surface area (Å²) in [7, 11) is 1.64. The van der Waals surface area contributed by atoms with Gasteiger partial charge in [0.1, 0.15) is 6.61 Å².